The first-order chi connectivity index (χ1) is 18.1. The van der Waals surface area contributed by atoms with Crippen LogP contribution in [0.1, 0.15) is 0 Å². The van der Waals surface area contributed by atoms with E-state index in [0.29, 0.717) is 70.3 Å². The Bertz CT molecular complexity index is 916. The van der Waals surface area contributed by atoms with E-state index in [1.54, 1.807) is 34.1 Å². The molecule has 1 aliphatic heterocycles. The van der Waals surface area contributed by atoms with Gasteiger partial charge in [0, 0.05) is 58.9 Å². The van der Waals surface area contributed by atoms with Crippen LogP contribution in [0.15, 0.2) is 24.3 Å². The van der Waals surface area contributed by atoms with E-state index in [1.165, 1.54) is 4.90 Å². The molecule has 1 aromatic carbocycles. The smallest absolute Gasteiger partial charge is 0.323 e. The highest BCUT2D eigenvalue weighted by Gasteiger charge is 2.19. The van der Waals surface area contributed by atoms with Crippen molar-refractivity contribution in [3.63, 3.8) is 0 Å². The van der Waals surface area contributed by atoms with Crippen molar-refractivity contribution in [3.05, 3.63) is 24.3 Å². The molecule has 0 amide bonds. The fraction of sp³-hybridized carbons (Fsp3) is 0.583. The number of anilines is 1. The highest BCUT2D eigenvalue weighted by atomic mass is 16.5. The highest BCUT2D eigenvalue weighted by Crippen LogP contribution is 2.27. The van der Waals surface area contributed by atoms with Crippen LogP contribution in [0.5, 0.6) is 5.75 Å². The zero-order valence-corrected chi connectivity index (χ0v) is 21.3. The fourth-order valence-corrected chi connectivity index (χ4v) is 4.10. The van der Waals surface area contributed by atoms with Gasteiger partial charge in [-0.15, -0.1) is 0 Å². The summed E-state index contributed by atoms with van der Waals surface area (Å²) >= 11 is 0. The van der Waals surface area contributed by atoms with Gasteiger partial charge in [-0.1, -0.05) is 12.1 Å². The number of nitrogens with zero attached hydrogens (tertiary/aromatic N) is 4. The third-order valence-electron chi connectivity index (χ3n) is 5.92. The number of para-hydroxylation sites is 2. The summed E-state index contributed by atoms with van der Waals surface area (Å²) in [5, 5.41) is 40.2. The van der Waals surface area contributed by atoms with Crippen molar-refractivity contribution >= 4 is 29.6 Å². The van der Waals surface area contributed by atoms with E-state index in [0.717, 1.165) is 0 Å². The fourth-order valence-electron chi connectivity index (χ4n) is 4.10. The van der Waals surface area contributed by atoms with E-state index >= 15 is 0 Å². The molecule has 1 aliphatic rings. The third-order valence-corrected chi connectivity index (χ3v) is 5.92. The Hall–Kier alpha value is -3.46. The van der Waals surface area contributed by atoms with Crippen molar-refractivity contribution in [3.8, 4) is 5.75 Å². The zero-order valence-electron chi connectivity index (χ0n) is 21.3. The van der Waals surface area contributed by atoms with Crippen LogP contribution < -0.4 is 15.0 Å². The molecule has 0 aliphatic carbocycles. The minimum absolute atomic E-state index is 0.107. The van der Waals surface area contributed by atoms with Gasteiger partial charge in [-0.2, -0.15) is 0 Å². The second-order valence-electron chi connectivity index (χ2n) is 8.89. The number of aliphatic carboxylic acids is 4. The van der Waals surface area contributed by atoms with Crippen LogP contribution in [0, 0.1) is 0 Å². The molecular weight excluding hydrogens is 502 g/mol. The number of carboxylic acid groups (broad SMARTS) is 4. The van der Waals surface area contributed by atoms with E-state index in [9.17, 15) is 34.5 Å². The zero-order chi connectivity index (χ0) is 27.9. The SMILES string of the molecule is O=C(O)CN1CCNCCN(CCOc2ccccc2N(CC(=O)O)CC(=O)O)CCN(CC(=O)O)CC1. The Morgan fingerprint density at radius 2 is 1.24 bits per heavy atom. The molecule has 212 valence electrons. The Labute approximate surface area is 221 Å². The van der Waals surface area contributed by atoms with Crippen LogP contribution >= 0.6 is 0 Å². The molecule has 1 saturated heterocycles. The summed E-state index contributed by atoms with van der Waals surface area (Å²) in [4.78, 5) is 51.9. The molecule has 1 heterocycles. The largest absolute Gasteiger partial charge is 0.490 e. The molecule has 1 aromatic rings. The third kappa shape index (κ3) is 12.2. The number of nitrogens with one attached hydrogen (secondary N) is 1. The van der Waals surface area contributed by atoms with Crippen LogP contribution in [0.4, 0.5) is 5.69 Å². The number of benzene rings is 1. The summed E-state index contributed by atoms with van der Waals surface area (Å²) in [6, 6.07) is 6.66. The molecule has 14 heteroatoms. The Morgan fingerprint density at radius 1 is 0.737 bits per heavy atom. The number of ether oxygens (including phenoxy) is 1. The van der Waals surface area contributed by atoms with Crippen molar-refractivity contribution in [1.29, 1.82) is 0 Å². The molecule has 0 spiro atoms. The molecule has 1 fully saturated rings. The van der Waals surface area contributed by atoms with Gasteiger partial charge in [0.05, 0.1) is 18.8 Å². The number of hydrogen-bond donors (Lipinski definition) is 5. The summed E-state index contributed by atoms with van der Waals surface area (Å²) in [5.74, 6) is -3.84. The Kier molecular flexibility index (Phi) is 13.3. The maximum atomic E-state index is 11.4. The average molecular weight is 540 g/mol. The number of rotatable bonds is 13. The molecule has 0 bridgehead atoms. The van der Waals surface area contributed by atoms with Crippen molar-refractivity contribution in [2.24, 2.45) is 0 Å². The van der Waals surface area contributed by atoms with Crippen LogP contribution in [-0.2, 0) is 19.2 Å². The van der Waals surface area contributed by atoms with Gasteiger partial charge in [0.2, 0.25) is 0 Å². The van der Waals surface area contributed by atoms with E-state index in [-0.39, 0.29) is 19.7 Å². The van der Waals surface area contributed by atoms with Crippen LogP contribution in [0.2, 0.25) is 0 Å². The van der Waals surface area contributed by atoms with E-state index in [2.05, 4.69) is 10.2 Å². The van der Waals surface area contributed by atoms with E-state index < -0.39 is 37.0 Å². The van der Waals surface area contributed by atoms with Crippen LogP contribution in [-0.4, -0.2) is 151 Å². The Morgan fingerprint density at radius 3 is 1.79 bits per heavy atom. The normalized spacial score (nSPS) is 16.6. The first-order valence-corrected chi connectivity index (χ1v) is 12.4. The van der Waals surface area contributed by atoms with Crippen LogP contribution in [0.3, 0.4) is 0 Å². The van der Waals surface area contributed by atoms with Gasteiger partial charge >= 0.3 is 23.9 Å². The predicted molar refractivity (Wildman–Crippen MR) is 137 cm³/mol. The Balaban J connectivity index is 2.02. The van der Waals surface area contributed by atoms with Crippen LogP contribution in [0.25, 0.3) is 0 Å². The molecule has 14 nitrogen and oxygen atoms in total. The lowest BCUT2D eigenvalue weighted by molar-refractivity contribution is -0.140. The van der Waals surface area contributed by atoms with E-state index in [1.807, 2.05) is 0 Å². The summed E-state index contributed by atoms with van der Waals surface area (Å²) in [5.41, 5.74) is 0.367. The monoisotopic (exact) mass is 539 g/mol. The van der Waals surface area contributed by atoms with Gasteiger partial charge in [0.1, 0.15) is 25.4 Å². The van der Waals surface area contributed by atoms with Gasteiger partial charge < -0.3 is 35.4 Å². The average Bonchev–Trinajstić information content (AvgIpc) is 2.82. The summed E-state index contributed by atoms with van der Waals surface area (Å²) in [6.45, 7) is 3.78. The minimum atomic E-state index is -1.16. The van der Waals surface area contributed by atoms with Gasteiger partial charge in [-0.3, -0.25) is 33.9 Å². The minimum Gasteiger partial charge on any atom is -0.490 e. The molecule has 5 N–H and O–H groups in total. The number of carbonyl (C=O) groups is 4. The molecule has 0 aromatic heterocycles. The standard InChI is InChI=1S/C24H37N5O9/c30-21(31)15-27-8-6-25-5-7-26(9-10-28(12-11-27)16-22(32)33)13-14-38-20-4-2-1-3-19(20)29(17-23(34)35)18-24(36)37/h1-4,25H,5-18H2,(H,30,31)(H,32,33)(H,34,35)(H,36,37). The maximum absolute atomic E-state index is 11.4. The molecule has 0 atom stereocenters. The summed E-state index contributed by atoms with van der Waals surface area (Å²) in [7, 11) is 0. The number of hydrogen-bond acceptors (Lipinski definition) is 10. The highest BCUT2D eigenvalue weighted by molar-refractivity contribution is 5.80. The molecule has 2 rings (SSSR count). The first-order valence-electron chi connectivity index (χ1n) is 12.4. The van der Waals surface area contributed by atoms with Gasteiger partial charge in [-0.05, 0) is 12.1 Å². The summed E-state index contributed by atoms with van der Waals surface area (Å²) in [6.07, 6.45) is 0. The molecule has 0 unspecified atom stereocenters. The molecule has 0 radical (unpaired) electrons. The molecule has 0 saturated carbocycles. The van der Waals surface area contributed by atoms with Crippen molar-refractivity contribution in [2.45, 2.75) is 0 Å². The topological polar surface area (TPSA) is 183 Å². The molecular formula is C24H37N5O9. The number of carboxylic acids is 4. The van der Waals surface area contributed by atoms with Gasteiger partial charge in [-0.25, -0.2) is 0 Å². The lowest BCUT2D eigenvalue weighted by atomic mass is 10.2. The molecule has 38 heavy (non-hydrogen) atoms. The predicted octanol–water partition coefficient (Wildman–Crippen LogP) is -1.28. The van der Waals surface area contributed by atoms with Gasteiger partial charge in [0.15, 0.2) is 0 Å². The second-order valence-corrected chi connectivity index (χ2v) is 8.89. The van der Waals surface area contributed by atoms with Crippen molar-refractivity contribution in [1.82, 2.24) is 20.0 Å². The van der Waals surface area contributed by atoms with Gasteiger partial charge in [0.25, 0.3) is 0 Å². The first kappa shape index (κ1) is 30.8. The van der Waals surface area contributed by atoms with Crippen molar-refractivity contribution in [2.75, 3.05) is 96.6 Å². The lowest BCUT2D eigenvalue weighted by Crippen LogP contribution is -2.47. The maximum Gasteiger partial charge on any atom is 0.323 e. The summed E-state index contributed by atoms with van der Waals surface area (Å²) < 4.78 is 5.94. The van der Waals surface area contributed by atoms with E-state index in [4.69, 9.17) is 9.84 Å². The lowest BCUT2D eigenvalue weighted by Gasteiger charge is -2.30. The second kappa shape index (κ2) is 16.4. The van der Waals surface area contributed by atoms with Crippen molar-refractivity contribution < 1.29 is 44.3 Å². The quantitative estimate of drug-likeness (QED) is 0.200.